The van der Waals surface area contributed by atoms with Gasteiger partial charge in [0, 0.05) is 10.8 Å². The zero-order valence-corrected chi connectivity index (χ0v) is 26.2. The number of hydrogen-bond acceptors (Lipinski definition) is 3. The van der Waals surface area contributed by atoms with Gasteiger partial charge in [0.2, 0.25) is 0 Å². The number of rotatable bonds is 3. The molecule has 2 aromatic rings. The van der Waals surface area contributed by atoms with Gasteiger partial charge in [-0.2, -0.15) is 8.42 Å². The summed E-state index contributed by atoms with van der Waals surface area (Å²) in [4.78, 5) is 14.4. The Morgan fingerprint density at radius 3 is 1.47 bits per heavy atom. The molecule has 0 heterocycles. The third kappa shape index (κ3) is 3.46. The van der Waals surface area contributed by atoms with Crippen molar-refractivity contribution in [1.29, 1.82) is 0 Å². The predicted octanol–water partition coefficient (Wildman–Crippen LogP) is 7.33. The molecule has 2 bridgehead atoms. The Hall–Kier alpha value is -1.25. The van der Waals surface area contributed by atoms with Crippen LogP contribution in [-0.4, -0.2) is 18.8 Å². The van der Waals surface area contributed by atoms with Crippen LogP contribution in [0.3, 0.4) is 0 Å². The molecule has 0 radical (unpaired) electrons. The lowest BCUT2D eigenvalue weighted by molar-refractivity contribution is -0.130. The van der Waals surface area contributed by atoms with E-state index in [-0.39, 0.29) is 34.8 Å². The highest BCUT2D eigenvalue weighted by molar-refractivity contribution is 14.0. The highest BCUT2D eigenvalue weighted by atomic mass is 127. The van der Waals surface area contributed by atoms with Gasteiger partial charge in [-0.25, -0.2) is 0 Å². The molecule has 3 unspecified atom stereocenters. The van der Waals surface area contributed by atoms with Gasteiger partial charge in [0.1, 0.15) is 0 Å². The highest BCUT2D eigenvalue weighted by Crippen LogP contribution is 2.78. The van der Waals surface area contributed by atoms with E-state index in [0.717, 1.165) is 16.7 Å². The number of fused-ring (bicyclic) bond motifs is 2. The highest BCUT2D eigenvalue weighted by Gasteiger charge is 2.85. The normalized spacial score (nSPS) is 29.8. The Bertz CT molecular complexity index is 1280. The summed E-state index contributed by atoms with van der Waals surface area (Å²) in [6.45, 7) is 18.6. The number of carbonyl (C=O) groups is 1. The Morgan fingerprint density at radius 1 is 0.722 bits per heavy atom. The summed E-state index contributed by atoms with van der Waals surface area (Å²) in [6, 6.07) is 15.3. The number of ketones is 1. The van der Waals surface area contributed by atoms with Crippen LogP contribution in [-0.2, 0) is 35.9 Å². The second-order valence-electron chi connectivity index (χ2n) is 13.5. The van der Waals surface area contributed by atoms with E-state index in [1.165, 1.54) is 0 Å². The molecule has 0 aliphatic heterocycles. The van der Waals surface area contributed by atoms with Crippen molar-refractivity contribution in [1.82, 2.24) is 0 Å². The monoisotopic (exact) mass is 624 g/mol. The molecule has 0 amide bonds. The summed E-state index contributed by atoms with van der Waals surface area (Å²) in [7, 11) is -4.85. The first kappa shape index (κ1) is 29.3. The van der Waals surface area contributed by atoms with Gasteiger partial charge in [-0.15, -0.1) is 24.0 Å². The largest absolute Gasteiger partial charge is 0.297 e. The lowest BCUT2D eigenvalue weighted by Crippen LogP contribution is -2.58. The lowest BCUT2D eigenvalue weighted by Gasteiger charge is -2.48. The van der Waals surface area contributed by atoms with E-state index in [4.69, 9.17) is 0 Å². The Balaban J connectivity index is 0.00000361. The zero-order valence-electron chi connectivity index (χ0n) is 23.0. The second kappa shape index (κ2) is 8.37. The van der Waals surface area contributed by atoms with Gasteiger partial charge in [-0.05, 0) is 51.3 Å². The van der Waals surface area contributed by atoms with E-state index in [9.17, 15) is 17.8 Å². The summed E-state index contributed by atoms with van der Waals surface area (Å²) in [6.07, 6.45) is 1.08. The summed E-state index contributed by atoms with van der Waals surface area (Å²) >= 11 is 0. The number of halogens is 1. The number of Topliss-reactive ketones (excluding diaryl/α,β-unsaturated/α-hetero) is 1. The van der Waals surface area contributed by atoms with Crippen LogP contribution in [0.15, 0.2) is 48.5 Å². The number of carbonyl (C=O) groups excluding carboxylic acids is 1. The maximum absolute atomic E-state index is 14.4. The summed E-state index contributed by atoms with van der Waals surface area (Å²) in [5.41, 5.74) is 0.408. The van der Waals surface area contributed by atoms with Crippen LogP contribution < -0.4 is 0 Å². The quantitative estimate of drug-likeness (QED) is 0.287. The third-order valence-corrected chi connectivity index (χ3v) is 11.2. The maximum atomic E-state index is 14.4. The van der Waals surface area contributed by atoms with Crippen molar-refractivity contribution in [2.75, 3.05) is 0 Å². The molecule has 2 fully saturated rings. The molecule has 198 valence electrons. The van der Waals surface area contributed by atoms with Gasteiger partial charge in [0.25, 0.3) is 10.1 Å². The molecule has 4 nitrogen and oxygen atoms in total. The first-order valence-electron chi connectivity index (χ1n) is 12.5. The average Bonchev–Trinajstić information content (AvgIpc) is 3.01. The van der Waals surface area contributed by atoms with Crippen LogP contribution >= 0.6 is 24.0 Å². The molecular weight excluding hydrogens is 583 g/mol. The number of hydrogen-bond donors (Lipinski definition) is 1. The minimum absolute atomic E-state index is 0. The molecule has 4 rings (SSSR count). The standard InChI is InChI=1S/C30H40O4S.HI/c1-25(2,3)20-10-14-22(15-11-20)29-19-18-28(9,27(29,7)8)24(31)30(29,35(32,33)34)23-16-12-21(13-17-23)26(4,5)6;/h10-17H,18-19H2,1-9H3,(H,32,33,34);1H. The molecule has 3 atom stereocenters. The summed E-state index contributed by atoms with van der Waals surface area (Å²) < 4.78 is 36.2. The van der Waals surface area contributed by atoms with Crippen molar-refractivity contribution in [3.8, 4) is 0 Å². The minimum atomic E-state index is -4.85. The molecule has 0 saturated heterocycles. The Labute approximate surface area is 234 Å². The molecule has 2 saturated carbocycles. The van der Waals surface area contributed by atoms with Gasteiger partial charge < -0.3 is 0 Å². The van der Waals surface area contributed by atoms with Crippen LogP contribution in [0.5, 0.6) is 0 Å². The average molecular weight is 625 g/mol. The van der Waals surface area contributed by atoms with E-state index in [1.54, 1.807) is 12.1 Å². The predicted molar refractivity (Wildman–Crippen MR) is 157 cm³/mol. The van der Waals surface area contributed by atoms with Gasteiger partial charge >= 0.3 is 0 Å². The second-order valence-corrected chi connectivity index (χ2v) is 15.1. The van der Waals surface area contributed by atoms with Gasteiger partial charge in [0.15, 0.2) is 10.5 Å². The first-order chi connectivity index (χ1) is 15.8. The number of benzene rings is 2. The summed E-state index contributed by atoms with van der Waals surface area (Å²) in [5, 5.41) is 0. The molecular formula is C30H41IO4S. The zero-order chi connectivity index (χ0) is 26.5. The van der Waals surface area contributed by atoms with Crippen molar-refractivity contribution in [3.63, 3.8) is 0 Å². The van der Waals surface area contributed by atoms with Crippen LogP contribution in [0.2, 0.25) is 0 Å². The molecule has 0 spiro atoms. The third-order valence-electron chi connectivity index (χ3n) is 9.66. The molecule has 0 aromatic heterocycles. The smallest absolute Gasteiger partial charge is 0.283 e. The molecule has 2 aliphatic rings. The molecule has 36 heavy (non-hydrogen) atoms. The Morgan fingerprint density at radius 2 is 1.11 bits per heavy atom. The van der Waals surface area contributed by atoms with Crippen molar-refractivity contribution in [3.05, 3.63) is 70.8 Å². The lowest BCUT2D eigenvalue weighted by atomic mass is 9.58. The fourth-order valence-corrected chi connectivity index (χ4v) is 8.97. The molecule has 6 heteroatoms. The van der Waals surface area contributed by atoms with Crippen molar-refractivity contribution >= 4 is 39.9 Å². The molecule has 1 N–H and O–H groups in total. The van der Waals surface area contributed by atoms with E-state index >= 15 is 0 Å². The van der Waals surface area contributed by atoms with E-state index in [1.807, 2.05) is 57.2 Å². The van der Waals surface area contributed by atoms with E-state index in [0.29, 0.717) is 18.4 Å². The fourth-order valence-electron chi connectivity index (χ4n) is 7.16. The van der Waals surface area contributed by atoms with Crippen molar-refractivity contribution < 1.29 is 17.8 Å². The van der Waals surface area contributed by atoms with Crippen LogP contribution in [0, 0.1) is 10.8 Å². The topological polar surface area (TPSA) is 71.4 Å². The van der Waals surface area contributed by atoms with E-state index < -0.39 is 36.9 Å². The summed E-state index contributed by atoms with van der Waals surface area (Å²) in [5.74, 6) is -0.396. The fraction of sp³-hybridized carbons (Fsp3) is 0.567. The van der Waals surface area contributed by atoms with Gasteiger partial charge in [-0.1, -0.05) is 111 Å². The van der Waals surface area contributed by atoms with Crippen molar-refractivity contribution in [2.45, 2.75) is 96.1 Å². The van der Waals surface area contributed by atoms with Crippen LogP contribution in [0.1, 0.15) is 97.4 Å². The molecule has 2 aliphatic carbocycles. The van der Waals surface area contributed by atoms with Gasteiger partial charge in [0.05, 0.1) is 0 Å². The SMILES string of the molecule is CC(C)(C)c1ccc(C23CCC(C)(C(=O)C2(c2ccc(C(C)(C)C)cc2)S(=O)(=O)O)C3(C)C)cc1.I. The van der Waals surface area contributed by atoms with Crippen molar-refractivity contribution in [2.24, 2.45) is 10.8 Å². The maximum Gasteiger partial charge on any atom is 0.283 e. The first-order valence-corrected chi connectivity index (χ1v) is 14.0. The minimum Gasteiger partial charge on any atom is -0.297 e. The van der Waals surface area contributed by atoms with Crippen LogP contribution in [0.25, 0.3) is 0 Å². The van der Waals surface area contributed by atoms with Crippen LogP contribution in [0.4, 0.5) is 0 Å². The molecule has 2 aromatic carbocycles. The van der Waals surface area contributed by atoms with E-state index in [2.05, 4.69) is 41.5 Å². The van der Waals surface area contributed by atoms with Gasteiger partial charge in [-0.3, -0.25) is 9.35 Å². The Kier molecular flexibility index (Phi) is 6.82.